The smallest absolute Gasteiger partial charge is 0.418 e. The number of alkyl halides is 3. The van der Waals surface area contributed by atoms with Crippen LogP contribution in [-0.2, 0) is 6.18 Å². The highest BCUT2D eigenvalue weighted by Crippen LogP contribution is 2.35. The standard InChI is InChI=1S/C13H9F3N2O2/c14-13(15,16)9-5-1-2-6-10(9)18-11-8(12(19)20)4-3-7-17-11/h1-7H,(H,17,18)(H,19,20). The molecule has 0 amide bonds. The van der Waals surface area contributed by atoms with E-state index >= 15 is 0 Å². The Balaban J connectivity index is 2.44. The first kappa shape index (κ1) is 13.9. The van der Waals surface area contributed by atoms with Gasteiger partial charge in [-0.3, -0.25) is 0 Å². The van der Waals surface area contributed by atoms with Crippen LogP contribution in [0, 0.1) is 0 Å². The molecule has 4 nitrogen and oxygen atoms in total. The van der Waals surface area contributed by atoms with Crippen LogP contribution in [0.5, 0.6) is 0 Å². The maximum absolute atomic E-state index is 12.8. The molecule has 0 unspecified atom stereocenters. The molecule has 1 aromatic heterocycles. The molecule has 7 heteroatoms. The topological polar surface area (TPSA) is 62.2 Å². The lowest BCUT2D eigenvalue weighted by Crippen LogP contribution is -2.10. The van der Waals surface area contributed by atoms with E-state index in [9.17, 15) is 18.0 Å². The third kappa shape index (κ3) is 2.87. The van der Waals surface area contributed by atoms with E-state index in [2.05, 4.69) is 10.3 Å². The Morgan fingerprint density at radius 1 is 1.15 bits per heavy atom. The predicted octanol–water partition coefficient (Wildman–Crippen LogP) is 3.54. The maximum atomic E-state index is 12.8. The number of carboxylic acids is 1. The molecule has 2 aromatic rings. The molecule has 0 spiro atoms. The molecular weight excluding hydrogens is 273 g/mol. The summed E-state index contributed by atoms with van der Waals surface area (Å²) in [5.74, 6) is -1.42. The monoisotopic (exact) mass is 282 g/mol. The van der Waals surface area contributed by atoms with Crippen molar-refractivity contribution in [2.24, 2.45) is 0 Å². The highest BCUT2D eigenvalue weighted by atomic mass is 19.4. The molecule has 1 aromatic carbocycles. The SMILES string of the molecule is O=C(O)c1cccnc1Nc1ccccc1C(F)(F)F. The number of halogens is 3. The van der Waals surface area contributed by atoms with E-state index in [1.54, 1.807) is 0 Å². The number of carboxylic acid groups (broad SMARTS) is 1. The van der Waals surface area contributed by atoms with Crippen molar-refractivity contribution in [3.05, 3.63) is 53.7 Å². The number of hydrogen-bond donors (Lipinski definition) is 2. The quantitative estimate of drug-likeness (QED) is 0.903. The number of nitrogens with one attached hydrogen (secondary N) is 1. The van der Waals surface area contributed by atoms with E-state index in [0.717, 1.165) is 6.07 Å². The van der Waals surface area contributed by atoms with E-state index in [1.807, 2.05) is 0 Å². The van der Waals surface area contributed by atoms with Crippen LogP contribution >= 0.6 is 0 Å². The Labute approximate surface area is 111 Å². The molecule has 0 fully saturated rings. The number of pyridine rings is 1. The van der Waals surface area contributed by atoms with Gasteiger partial charge in [0.05, 0.1) is 11.3 Å². The van der Waals surface area contributed by atoms with Crippen molar-refractivity contribution >= 4 is 17.5 Å². The molecule has 0 aliphatic heterocycles. The molecule has 2 rings (SSSR count). The van der Waals surface area contributed by atoms with Gasteiger partial charge in [-0.1, -0.05) is 12.1 Å². The fourth-order valence-electron chi connectivity index (χ4n) is 1.64. The van der Waals surface area contributed by atoms with E-state index in [0.29, 0.717) is 0 Å². The normalized spacial score (nSPS) is 11.2. The van der Waals surface area contributed by atoms with Crippen LogP contribution in [0.4, 0.5) is 24.7 Å². The Kier molecular flexibility index (Phi) is 3.60. The van der Waals surface area contributed by atoms with E-state index in [4.69, 9.17) is 5.11 Å². The lowest BCUT2D eigenvalue weighted by Gasteiger charge is -2.14. The highest BCUT2D eigenvalue weighted by molar-refractivity contribution is 5.94. The summed E-state index contributed by atoms with van der Waals surface area (Å²) in [7, 11) is 0. The van der Waals surface area contributed by atoms with Gasteiger partial charge in [-0.15, -0.1) is 0 Å². The molecule has 0 atom stereocenters. The van der Waals surface area contributed by atoms with Gasteiger partial charge in [0.1, 0.15) is 11.4 Å². The van der Waals surface area contributed by atoms with Crippen molar-refractivity contribution in [2.75, 3.05) is 5.32 Å². The van der Waals surface area contributed by atoms with Crippen LogP contribution in [0.2, 0.25) is 0 Å². The van der Waals surface area contributed by atoms with Crippen molar-refractivity contribution in [1.82, 2.24) is 4.98 Å². The second kappa shape index (κ2) is 5.20. The van der Waals surface area contributed by atoms with E-state index in [-0.39, 0.29) is 17.1 Å². The summed E-state index contributed by atoms with van der Waals surface area (Å²) in [6.45, 7) is 0. The second-order valence-corrected chi connectivity index (χ2v) is 3.87. The molecule has 1 heterocycles. The molecule has 2 N–H and O–H groups in total. The number of para-hydroxylation sites is 1. The van der Waals surface area contributed by atoms with Gasteiger partial charge in [-0.05, 0) is 24.3 Å². The molecule has 20 heavy (non-hydrogen) atoms. The summed E-state index contributed by atoms with van der Waals surface area (Å²) in [6, 6.07) is 7.44. The maximum Gasteiger partial charge on any atom is 0.418 e. The average molecular weight is 282 g/mol. The van der Waals surface area contributed by atoms with Crippen LogP contribution < -0.4 is 5.32 Å². The fraction of sp³-hybridized carbons (Fsp3) is 0.0769. The number of aromatic nitrogens is 1. The third-order valence-corrected chi connectivity index (χ3v) is 2.52. The first-order chi connectivity index (χ1) is 9.39. The fourth-order valence-corrected chi connectivity index (χ4v) is 1.64. The van der Waals surface area contributed by atoms with Crippen molar-refractivity contribution in [2.45, 2.75) is 6.18 Å². The Morgan fingerprint density at radius 3 is 2.50 bits per heavy atom. The average Bonchev–Trinajstić information content (AvgIpc) is 2.38. The van der Waals surface area contributed by atoms with Gasteiger partial charge in [-0.2, -0.15) is 13.2 Å². The lowest BCUT2D eigenvalue weighted by molar-refractivity contribution is -0.136. The van der Waals surface area contributed by atoms with E-state index in [1.165, 1.54) is 36.5 Å². The number of nitrogens with zero attached hydrogens (tertiary/aromatic N) is 1. The summed E-state index contributed by atoms with van der Waals surface area (Å²) >= 11 is 0. The zero-order valence-corrected chi connectivity index (χ0v) is 9.98. The zero-order valence-electron chi connectivity index (χ0n) is 9.98. The van der Waals surface area contributed by atoms with E-state index < -0.39 is 17.7 Å². The highest BCUT2D eigenvalue weighted by Gasteiger charge is 2.33. The minimum atomic E-state index is -4.54. The summed E-state index contributed by atoms with van der Waals surface area (Å²) in [6.07, 6.45) is -3.24. The first-order valence-electron chi connectivity index (χ1n) is 5.51. The summed E-state index contributed by atoms with van der Waals surface area (Å²) in [5.41, 5.74) is -1.34. The molecule has 0 saturated carbocycles. The van der Waals surface area contributed by atoms with Crippen LogP contribution in [0.25, 0.3) is 0 Å². The molecule has 0 aliphatic rings. The number of hydrogen-bond acceptors (Lipinski definition) is 3. The molecule has 104 valence electrons. The van der Waals surface area contributed by atoms with Crippen molar-refractivity contribution in [3.8, 4) is 0 Å². The predicted molar refractivity (Wildman–Crippen MR) is 65.9 cm³/mol. The second-order valence-electron chi connectivity index (χ2n) is 3.87. The number of benzene rings is 1. The molecule has 0 saturated heterocycles. The summed E-state index contributed by atoms with van der Waals surface area (Å²) < 4.78 is 38.5. The van der Waals surface area contributed by atoms with Gasteiger partial charge < -0.3 is 10.4 Å². The number of anilines is 2. The van der Waals surface area contributed by atoms with Gasteiger partial charge in [0, 0.05) is 6.20 Å². The van der Waals surface area contributed by atoms with Crippen molar-refractivity contribution < 1.29 is 23.1 Å². The lowest BCUT2D eigenvalue weighted by atomic mass is 10.1. The zero-order chi connectivity index (χ0) is 14.8. The van der Waals surface area contributed by atoms with Gasteiger partial charge in [0.15, 0.2) is 0 Å². The first-order valence-corrected chi connectivity index (χ1v) is 5.51. The molecule has 0 radical (unpaired) electrons. The largest absolute Gasteiger partial charge is 0.478 e. The molecule has 0 aliphatic carbocycles. The van der Waals surface area contributed by atoms with Crippen molar-refractivity contribution in [3.63, 3.8) is 0 Å². The Morgan fingerprint density at radius 2 is 1.85 bits per heavy atom. The van der Waals surface area contributed by atoms with Gasteiger partial charge in [0.25, 0.3) is 0 Å². The number of carbonyl (C=O) groups is 1. The third-order valence-electron chi connectivity index (χ3n) is 2.52. The number of rotatable bonds is 3. The Hall–Kier alpha value is -2.57. The Bertz CT molecular complexity index is 642. The van der Waals surface area contributed by atoms with Crippen LogP contribution in [0.15, 0.2) is 42.6 Å². The molecule has 0 bridgehead atoms. The van der Waals surface area contributed by atoms with Crippen LogP contribution in [-0.4, -0.2) is 16.1 Å². The minimum absolute atomic E-state index is 0.142. The van der Waals surface area contributed by atoms with Crippen LogP contribution in [0.3, 0.4) is 0 Å². The molecular formula is C13H9F3N2O2. The van der Waals surface area contributed by atoms with Gasteiger partial charge in [0.2, 0.25) is 0 Å². The van der Waals surface area contributed by atoms with Gasteiger partial charge >= 0.3 is 12.1 Å². The van der Waals surface area contributed by atoms with Gasteiger partial charge in [-0.25, -0.2) is 9.78 Å². The summed E-state index contributed by atoms with van der Waals surface area (Å²) in [5, 5.41) is 11.4. The summed E-state index contributed by atoms with van der Waals surface area (Å²) in [4.78, 5) is 14.8. The number of aromatic carboxylic acids is 1. The minimum Gasteiger partial charge on any atom is -0.478 e. The van der Waals surface area contributed by atoms with Crippen molar-refractivity contribution in [1.29, 1.82) is 0 Å². The van der Waals surface area contributed by atoms with Crippen LogP contribution in [0.1, 0.15) is 15.9 Å².